The molecule has 0 fully saturated rings. The summed E-state index contributed by atoms with van der Waals surface area (Å²) in [6.45, 7) is 3.88. The maximum atomic E-state index is 11.4. The number of ether oxygens (including phenoxy) is 1. The normalized spacial score (nSPS) is 12.4. The lowest BCUT2D eigenvalue weighted by Gasteiger charge is -2.10. The number of carbonyl (C=O) groups is 1. The molecule has 0 bridgehead atoms. The molecule has 1 N–H and O–H groups in total. The number of benzene rings is 1. The van der Waals surface area contributed by atoms with E-state index < -0.39 is 12.1 Å². The molecule has 0 amide bonds. The van der Waals surface area contributed by atoms with Crippen molar-refractivity contribution >= 4 is 16.7 Å². The third-order valence-electron chi connectivity index (χ3n) is 2.71. The summed E-state index contributed by atoms with van der Waals surface area (Å²) in [7, 11) is 0. The molecule has 18 heavy (non-hydrogen) atoms. The lowest BCUT2D eigenvalue weighted by Crippen LogP contribution is -2.15. The van der Waals surface area contributed by atoms with Crippen molar-refractivity contribution in [1.82, 2.24) is 4.98 Å². The minimum absolute atomic E-state index is 0.254. The Bertz CT molecular complexity index is 580. The van der Waals surface area contributed by atoms with Crippen LogP contribution >= 0.6 is 0 Å². The molecule has 0 aliphatic carbocycles. The van der Waals surface area contributed by atoms with Gasteiger partial charge < -0.3 is 9.84 Å². The zero-order valence-electron chi connectivity index (χ0n) is 10.4. The molecule has 4 nitrogen and oxygen atoms in total. The highest BCUT2D eigenvalue weighted by atomic mass is 16.5. The van der Waals surface area contributed by atoms with Gasteiger partial charge in [-0.05, 0) is 36.9 Å². The zero-order valence-corrected chi connectivity index (χ0v) is 10.4. The third kappa shape index (κ3) is 2.49. The van der Waals surface area contributed by atoms with E-state index in [1.807, 2.05) is 19.1 Å². The van der Waals surface area contributed by atoms with E-state index in [0.717, 1.165) is 16.5 Å². The highest BCUT2D eigenvalue weighted by Gasteiger charge is 2.18. The second kappa shape index (κ2) is 5.14. The van der Waals surface area contributed by atoms with E-state index in [0.29, 0.717) is 5.56 Å². The lowest BCUT2D eigenvalue weighted by atomic mass is 10.0. The number of fused-ring (bicyclic) bond motifs is 1. The molecule has 0 radical (unpaired) electrons. The van der Waals surface area contributed by atoms with Gasteiger partial charge >= 0.3 is 5.97 Å². The molecule has 4 heteroatoms. The monoisotopic (exact) mass is 245 g/mol. The van der Waals surface area contributed by atoms with Gasteiger partial charge in [0.2, 0.25) is 0 Å². The van der Waals surface area contributed by atoms with Gasteiger partial charge in [0.1, 0.15) is 0 Å². The van der Waals surface area contributed by atoms with Crippen molar-refractivity contribution in [3.63, 3.8) is 0 Å². The highest BCUT2D eigenvalue weighted by Crippen LogP contribution is 2.21. The van der Waals surface area contributed by atoms with Gasteiger partial charge in [0, 0.05) is 17.3 Å². The second-order valence-corrected chi connectivity index (χ2v) is 4.09. The maximum Gasteiger partial charge on any atom is 0.339 e. The van der Waals surface area contributed by atoms with E-state index in [1.165, 1.54) is 0 Å². The van der Waals surface area contributed by atoms with Gasteiger partial charge in [-0.15, -0.1) is 0 Å². The minimum Gasteiger partial charge on any atom is -0.464 e. The number of esters is 1. The van der Waals surface area contributed by atoms with Crippen molar-refractivity contribution < 1.29 is 14.6 Å². The molecule has 1 aromatic heterocycles. The highest BCUT2D eigenvalue weighted by molar-refractivity contribution is 5.85. The summed E-state index contributed by atoms with van der Waals surface area (Å²) < 4.78 is 4.78. The summed E-state index contributed by atoms with van der Waals surface area (Å²) >= 11 is 0. The smallest absolute Gasteiger partial charge is 0.339 e. The molecule has 0 saturated carbocycles. The van der Waals surface area contributed by atoms with E-state index in [9.17, 15) is 9.90 Å². The molecule has 0 aliphatic heterocycles. The molecular formula is C14H15NO3. The minimum atomic E-state index is -1.24. The fourth-order valence-corrected chi connectivity index (χ4v) is 1.80. The van der Waals surface area contributed by atoms with Crippen LogP contribution in [0.25, 0.3) is 10.8 Å². The fourth-order valence-electron chi connectivity index (χ4n) is 1.80. The number of hydrogen-bond donors (Lipinski definition) is 1. The average Bonchev–Trinajstić information content (AvgIpc) is 2.37. The fraction of sp³-hybridized carbons (Fsp3) is 0.286. The van der Waals surface area contributed by atoms with Crippen LogP contribution in [-0.2, 0) is 9.53 Å². The van der Waals surface area contributed by atoms with Crippen molar-refractivity contribution in [3.8, 4) is 0 Å². The van der Waals surface area contributed by atoms with E-state index in [1.54, 1.807) is 25.3 Å². The summed E-state index contributed by atoms with van der Waals surface area (Å²) in [5.74, 6) is -0.628. The van der Waals surface area contributed by atoms with Crippen molar-refractivity contribution in [2.75, 3.05) is 6.61 Å². The van der Waals surface area contributed by atoms with Gasteiger partial charge in [0.05, 0.1) is 6.61 Å². The van der Waals surface area contributed by atoms with E-state index in [-0.39, 0.29) is 6.61 Å². The Hall–Kier alpha value is -1.94. The number of hydrogen-bond acceptors (Lipinski definition) is 4. The van der Waals surface area contributed by atoms with Crippen molar-refractivity contribution in [2.24, 2.45) is 0 Å². The quantitative estimate of drug-likeness (QED) is 0.842. The van der Waals surface area contributed by atoms with Crippen LogP contribution in [0.15, 0.2) is 30.5 Å². The van der Waals surface area contributed by atoms with Gasteiger partial charge in [0.25, 0.3) is 0 Å². The van der Waals surface area contributed by atoms with Gasteiger partial charge in [0.15, 0.2) is 6.10 Å². The van der Waals surface area contributed by atoms with Gasteiger partial charge in [-0.25, -0.2) is 4.79 Å². The Morgan fingerprint density at radius 2 is 2.17 bits per heavy atom. The van der Waals surface area contributed by atoms with Crippen LogP contribution in [0.5, 0.6) is 0 Å². The van der Waals surface area contributed by atoms with Crippen LogP contribution in [0.1, 0.15) is 24.3 Å². The van der Waals surface area contributed by atoms with Crippen LogP contribution in [0.2, 0.25) is 0 Å². The average molecular weight is 245 g/mol. The number of aromatic nitrogens is 1. The molecule has 1 heterocycles. The first-order chi connectivity index (χ1) is 8.61. The Balaban J connectivity index is 2.35. The van der Waals surface area contributed by atoms with Crippen LogP contribution < -0.4 is 0 Å². The molecular weight excluding hydrogens is 230 g/mol. The Morgan fingerprint density at radius 1 is 1.39 bits per heavy atom. The molecule has 0 saturated heterocycles. The summed E-state index contributed by atoms with van der Waals surface area (Å²) in [6, 6.07) is 7.30. The first kappa shape index (κ1) is 12.5. The van der Waals surface area contributed by atoms with E-state index in [2.05, 4.69) is 4.98 Å². The predicted octanol–water partition coefficient (Wildman–Crippen LogP) is 2.14. The SMILES string of the molecule is CCOC(=O)C(O)c1ccc2cc(C)ncc2c1. The number of aliphatic hydroxyl groups is 1. The van der Waals surface area contributed by atoms with Gasteiger partial charge in [-0.3, -0.25) is 4.98 Å². The maximum absolute atomic E-state index is 11.4. The molecule has 2 rings (SSSR count). The molecule has 0 aliphatic rings. The molecule has 0 spiro atoms. The van der Waals surface area contributed by atoms with Crippen LogP contribution in [0, 0.1) is 6.92 Å². The van der Waals surface area contributed by atoms with Crippen LogP contribution in [0.4, 0.5) is 0 Å². The summed E-state index contributed by atoms with van der Waals surface area (Å²) in [5, 5.41) is 11.8. The Morgan fingerprint density at radius 3 is 2.89 bits per heavy atom. The Kier molecular flexibility index (Phi) is 3.58. The van der Waals surface area contributed by atoms with E-state index in [4.69, 9.17) is 4.74 Å². The largest absolute Gasteiger partial charge is 0.464 e. The molecule has 2 aromatic rings. The predicted molar refractivity (Wildman–Crippen MR) is 68.1 cm³/mol. The van der Waals surface area contributed by atoms with E-state index >= 15 is 0 Å². The number of aryl methyl sites for hydroxylation is 1. The molecule has 94 valence electrons. The zero-order chi connectivity index (χ0) is 13.1. The number of pyridine rings is 1. The second-order valence-electron chi connectivity index (χ2n) is 4.09. The number of carbonyl (C=O) groups excluding carboxylic acids is 1. The number of nitrogens with zero attached hydrogens (tertiary/aromatic N) is 1. The van der Waals surface area contributed by atoms with Crippen LogP contribution in [0.3, 0.4) is 0 Å². The van der Waals surface area contributed by atoms with Crippen molar-refractivity contribution in [1.29, 1.82) is 0 Å². The topological polar surface area (TPSA) is 59.4 Å². The standard InChI is InChI=1S/C14H15NO3/c1-3-18-14(17)13(16)11-5-4-10-6-9(2)15-8-12(10)7-11/h4-8,13,16H,3H2,1-2H3. The number of aliphatic hydroxyl groups excluding tert-OH is 1. The third-order valence-corrected chi connectivity index (χ3v) is 2.71. The Labute approximate surface area is 105 Å². The van der Waals surface area contributed by atoms with Crippen LogP contribution in [-0.4, -0.2) is 22.7 Å². The van der Waals surface area contributed by atoms with Gasteiger partial charge in [-0.1, -0.05) is 12.1 Å². The van der Waals surface area contributed by atoms with Crippen molar-refractivity contribution in [2.45, 2.75) is 20.0 Å². The summed E-state index contributed by atoms with van der Waals surface area (Å²) in [5.41, 5.74) is 1.45. The molecule has 1 atom stereocenters. The molecule has 1 aromatic carbocycles. The first-order valence-electron chi connectivity index (χ1n) is 5.83. The summed E-state index contributed by atoms with van der Waals surface area (Å²) in [6.07, 6.45) is 0.488. The lowest BCUT2D eigenvalue weighted by molar-refractivity contribution is -0.153. The van der Waals surface area contributed by atoms with Gasteiger partial charge in [-0.2, -0.15) is 0 Å². The number of rotatable bonds is 3. The first-order valence-corrected chi connectivity index (χ1v) is 5.83. The van der Waals surface area contributed by atoms with Crippen molar-refractivity contribution in [3.05, 3.63) is 41.7 Å². The molecule has 1 unspecified atom stereocenters. The summed E-state index contributed by atoms with van der Waals surface area (Å²) in [4.78, 5) is 15.6.